The van der Waals surface area contributed by atoms with Crippen molar-refractivity contribution in [3.05, 3.63) is 102 Å². The molecule has 0 amide bonds. The van der Waals surface area contributed by atoms with Gasteiger partial charge >= 0.3 is 0 Å². The van der Waals surface area contributed by atoms with Gasteiger partial charge in [-0.25, -0.2) is 0 Å². The summed E-state index contributed by atoms with van der Waals surface area (Å²) in [6.45, 7) is 2.86. The van der Waals surface area contributed by atoms with E-state index in [1.54, 1.807) is 0 Å². The summed E-state index contributed by atoms with van der Waals surface area (Å²) in [6, 6.07) is 32.9. The highest BCUT2D eigenvalue weighted by Gasteiger charge is 2.22. The van der Waals surface area contributed by atoms with Crippen molar-refractivity contribution in [2.75, 3.05) is 26.4 Å². The molecule has 2 saturated heterocycles. The first kappa shape index (κ1) is 22.5. The topological polar surface area (TPSA) is 69.8 Å². The van der Waals surface area contributed by atoms with Crippen LogP contribution in [-0.4, -0.2) is 38.6 Å². The summed E-state index contributed by atoms with van der Waals surface area (Å²) in [5.74, 6) is 0.859. The maximum Gasteiger partial charge on any atom is 0.119 e. The molecule has 0 N–H and O–H groups in total. The first-order valence-corrected chi connectivity index (χ1v) is 12.1. The number of nitrogens with zero attached hydrogens (tertiary/aromatic N) is 3. The van der Waals surface area contributed by atoms with Crippen LogP contribution in [0.4, 0.5) is 17.1 Å². The summed E-state index contributed by atoms with van der Waals surface area (Å²) in [7, 11) is 0. The Hall–Kier alpha value is -4.00. The minimum atomic E-state index is 0.260. The lowest BCUT2D eigenvalue weighted by molar-refractivity contribution is 0.0260. The summed E-state index contributed by atoms with van der Waals surface area (Å²) in [5, 5.41) is 13.4. The molecule has 1 atom stereocenters. The smallest absolute Gasteiger partial charge is 0.119 e. The standard InChI is InChI=1S/C30H26N3O3/c1-9-25(31-28-17-34-18-28)10-2-21(1)22-3-11-26(12-4-22)32-33-27-13-5-23(6-14-27)24-7-15-29(16-8-24)35-19-30-20-36-30/h1-16,28,30H,17-20H2/q-1. The van der Waals surface area contributed by atoms with Gasteiger partial charge in [0.1, 0.15) is 18.5 Å². The first-order valence-electron chi connectivity index (χ1n) is 12.1. The van der Waals surface area contributed by atoms with Crippen molar-refractivity contribution in [3.8, 4) is 28.0 Å². The Morgan fingerprint density at radius 3 is 1.56 bits per heavy atom. The van der Waals surface area contributed by atoms with Crippen LogP contribution in [0.5, 0.6) is 5.75 Å². The van der Waals surface area contributed by atoms with Gasteiger partial charge in [-0.2, -0.15) is 10.2 Å². The molecule has 2 aliphatic heterocycles. The van der Waals surface area contributed by atoms with Gasteiger partial charge in [0.05, 0.1) is 18.0 Å². The normalized spacial score (nSPS) is 17.1. The monoisotopic (exact) mass is 476 g/mol. The van der Waals surface area contributed by atoms with Crippen LogP contribution in [0.2, 0.25) is 0 Å². The van der Waals surface area contributed by atoms with E-state index in [4.69, 9.17) is 14.2 Å². The molecule has 1 unspecified atom stereocenters. The van der Waals surface area contributed by atoms with Crippen LogP contribution in [-0.2, 0) is 9.47 Å². The van der Waals surface area contributed by atoms with Crippen molar-refractivity contribution in [3.63, 3.8) is 0 Å². The Morgan fingerprint density at radius 2 is 1.11 bits per heavy atom. The molecule has 6 nitrogen and oxygen atoms in total. The molecule has 4 aromatic carbocycles. The van der Waals surface area contributed by atoms with E-state index in [2.05, 4.69) is 76.2 Å². The summed E-state index contributed by atoms with van der Waals surface area (Å²) in [5.41, 5.74) is 7.14. The van der Waals surface area contributed by atoms with Gasteiger partial charge in [-0.15, -0.1) is 5.69 Å². The van der Waals surface area contributed by atoms with Crippen LogP contribution < -0.4 is 4.74 Å². The van der Waals surface area contributed by atoms with E-state index in [1.807, 2.05) is 36.4 Å². The Kier molecular flexibility index (Phi) is 6.44. The lowest BCUT2D eigenvalue weighted by atomic mass is 10.0. The highest BCUT2D eigenvalue weighted by molar-refractivity contribution is 5.69. The van der Waals surface area contributed by atoms with Crippen molar-refractivity contribution in [2.24, 2.45) is 10.2 Å². The molecule has 6 heteroatoms. The molecular formula is C30H26N3O3-. The molecule has 36 heavy (non-hydrogen) atoms. The molecule has 0 spiro atoms. The maximum absolute atomic E-state index is 5.71. The van der Waals surface area contributed by atoms with E-state index >= 15 is 0 Å². The van der Waals surface area contributed by atoms with Crippen molar-refractivity contribution < 1.29 is 14.2 Å². The molecule has 0 saturated carbocycles. The second-order valence-electron chi connectivity index (χ2n) is 8.95. The average Bonchev–Trinajstić information content (AvgIpc) is 3.75. The third-order valence-electron chi connectivity index (χ3n) is 6.19. The van der Waals surface area contributed by atoms with E-state index in [0.717, 1.165) is 64.9 Å². The van der Waals surface area contributed by atoms with E-state index in [1.165, 1.54) is 0 Å². The van der Waals surface area contributed by atoms with Gasteiger partial charge in [0.2, 0.25) is 0 Å². The van der Waals surface area contributed by atoms with Gasteiger partial charge in [-0.1, -0.05) is 66.7 Å². The van der Waals surface area contributed by atoms with E-state index in [0.29, 0.717) is 12.6 Å². The molecule has 0 bridgehead atoms. The van der Waals surface area contributed by atoms with Crippen LogP contribution >= 0.6 is 0 Å². The zero-order valence-electron chi connectivity index (χ0n) is 19.8. The number of hydrogen-bond donors (Lipinski definition) is 0. The first-order chi connectivity index (χ1) is 17.8. The molecule has 6 rings (SSSR count). The molecule has 180 valence electrons. The predicted octanol–water partition coefficient (Wildman–Crippen LogP) is 7.62. The quantitative estimate of drug-likeness (QED) is 0.184. The van der Waals surface area contributed by atoms with Crippen LogP contribution in [0.15, 0.2) is 107 Å². The molecule has 2 aliphatic rings. The zero-order chi connectivity index (χ0) is 24.2. The highest BCUT2D eigenvalue weighted by Crippen LogP contribution is 2.30. The van der Waals surface area contributed by atoms with Gasteiger partial charge in [-0.3, -0.25) is 0 Å². The van der Waals surface area contributed by atoms with Gasteiger partial charge in [0.15, 0.2) is 0 Å². The summed E-state index contributed by atoms with van der Waals surface area (Å²) in [4.78, 5) is 0. The van der Waals surface area contributed by atoms with Crippen molar-refractivity contribution in [1.29, 1.82) is 0 Å². The molecule has 0 aliphatic carbocycles. The van der Waals surface area contributed by atoms with Gasteiger partial charge < -0.3 is 19.5 Å². The number of epoxide rings is 1. The third kappa shape index (κ3) is 5.62. The van der Waals surface area contributed by atoms with Crippen molar-refractivity contribution in [1.82, 2.24) is 0 Å². The number of benzene rings is 4. The Balaban J connectivity index is 1.05. The third-order valence-corrected chi connectivity index (χ3v) is 6.19. The molecule has 2 heterocycles. The fourth-order valence-electron chi connectivity index (χ4n) is 3.90. The van der Waals surface area contributed by atoms with E-state index < -0.39 is 0 Å². The fourth-order valence-corrected chi connectivity index (χ4v) is 3.90. The minimum absolute atomic E-state index is 0.260. The lowest BCUT2D eigenvalue weighted by Crippen LogP contribution is -2.31. The van der Waals surface area contributed by atoms with Crippen LogP contribution in [0.1, 0.15) is 0 Å². The Morgan fingerprint density at radius 1 is 0.639 bits per heavy atom. The van der Waals surface area contributed by atoms with Gasteiger partial charge in [0, 0.05) is 13.2 Å². The number of ether oxygens (including phenoxy) is 3. The second-order valence-corrected chi connectivity index (χ2v) is 8.95. The molecular weight excluding hydrogens is 450 g/mol. The number of rotatable bonds is 9. The average molecular weight is 477 g/mol. The molecule has 0 aromatic heterocycles. The largest absolute Gasteiger partial charge is 0.678 e. The Bertz CT molecular complexity index is 1310. The Labute approximate surface area is 210 Å². The van der Waals surface area contributed by atoms with Crippen LogP contribution in [0, 0.1) is 0 Å². The lowest BCUT2D eigenvalue weighted by Gasteiger charge is -2.39. The highest BCUT2D eigenvalue weighted by atomic mass is 16.6. The van der Waals surface area contributed by atoms with E-state index in [9.17, 15) is 0 Å². The van der Waals surface area contributed by atoms with Gasteiger partial charge in [0.25, 0.3) is 0 Å². The van der Waals surface area contributed by atoms with Gasteiger partial charge in [-0.05, 0) is 58.7 Å². The predicted molar refractivity (Wildman–Crippen MR) is 141 cm³/mol. The second kappa shape index (κ2) is 10.3. The maximum atomic E-state index is 5.71. The van der Waals surface area contributed by atoms with Crippen molar-refractivity contribution in [2.45, 2.75) is 12.1 Å². The number of hydrogen-bond acceptors (Lipinski definition) is 5. The molecule has 0 radical (unpaired) electrons. The minimum Gasteiger partial charge on any atom is -0.678 e. The fraction of sp³-hybridized carbons (Fsp3) is 0.200. The summed E-state index contributed by atoms with van der Waals surface area (Å²) in [6.07, 6.45) is 0.260. The molecule has 2 fully saturated rings. The summed E-state index contributed by atoms with van der Waals surface area (Å²) < 4.78 is 16.1. The number of azo groups is 1. The van der Waals surface area contributed by atoms with Crippen LogP contribution in [0.3, 0.4) is 0 Å². The molecule has 4 aromatic rings. The summed E-state index contributed by atoms with van der Waals surface area (Å²) >= 11 is 0. The zero-order valence-corrected chi connectivity index (χ0v) is 19.8. The van der Waals surface area contributed by atoms with E-state index in [-0.39, 0.29) is 6.10 Å². The SMILES string of the molecule is c1cc(-c2ccc([N-]C3COC3)cc2)ccc1N=Nc1ccc(-c2ccc(OCC3CO3)cc2)cc1. The van der Waals surface area contributed by atoms with Crippen molar-refractivity contribution >= 4 is 17.1 Å². The van der Waals surface area contributed by atoms with Crippen LogP contribution in [0.25, 0.3) is 27.6 Å².